The zero-order valence-electron chi connectivity index (χ0n) is 17.6. The van der Waals surface area contributed by atoms with Gasteiger partial charge in [-0.2, -0.15) is 0 Å². The Morgan fingerprint density at radius 2 is 1.38 bits per heavy atom. The molecule has 0 aromatic rings. The number of carbonyl (C=O) groups excluding carboxylic acids is 1. The van der Waals surface area contributed by atoms with Crippen LogP contribution in [-0.4, -0.2) is 21.9 Å². The Balaban J connectivity index is 2.70. The lowest BCUT2D eigenvalue weighted by atomic mass is 9.86. The normalized spacial score (nSPS) is 26.1. The summed E-state index contributed by atoms with van der Waals surface area (Å²) in [6, 6.07) is 0. The Morgan fingerprint density at radius 3 is 1.79 bits per heavy atom. The minimum atomic E-state index is -1.83. The van der Waals surface area contributed by atoms with Crippen LogP contribution in [0.3, 0.4) is 0 Å². The molecule has 0 radical (unpaired) electrons. The summed E-state index contributed by atoms with van der Waals surface area (Å²) >= 11 is 0. The number of Topliss-reactive ketones (excluding diaryl/α,β-unsaturated/α-hetero) is 1. The highest BCUT2D eigenvalue weighted by atomic mass is 28.3. The SMILES string of the molecule is CC(C)[Si](C1=C2CCCC[C@@H]2[C@@H]([Si](C)(C)C)C1=O)(C(C)C)C(C)C. The van der Waals surface area contributed by atoms with Gasteiger partial charge in [0.05, 0.1) is 16.1 Å². The summed E-state index contributed by atoms with van der Waals surface area (Å²) in [4.78, 5) is 13.9. The largest absolute Gasteiger partial charge is 0.295 e. The van der Waals surface area contributed by atoms with Crippen LogP contribution in [0.5, 0.6) is 0 Å². The third kappa shape index (κ3) is 2.94. The van der Waals surface area contributed by atoms with Crippen molar-refractivity contribution in [2.24, 2.45) is 5.92 Å². The number of hydrogen-bond acceptors (Lipinski definition) is 1. The van der Waals surface area contributed by atoms with Crippen molar-refractivity contribution in [3.05, 3.63) is 10.8 Å². The number of allylic oxidation sites excluding steroid dienone is 2. The van der Waals surface area contributed by atoms with Crippen LogP contribution in [0.15, 0.2) is 10.8 Å². The second-order valence-corrected chi connectivity index (χ2v) is 21.5. The lowest BCUT2D eigenvalue weighted by Gasteiger charge is -2.45. The van der Waals surface area contributed by atoms with E-state index in [-0.39, 0.29) is 0 Å². The van der Waals surface area contributed by atoms with Gasteiger partial charge in [-0.1, -0.05) is 73.2 Å². The highest BCUT2D eigenvalue weighted by molar-refractivity contribution is 6.95. The molecule has 3 heteroatoms. The van der Waals surface area contributed by atoms with E-state index in [4.69, 9.17) is 0 Å². The first-order chi connectivity index (χ1) is 11.0. The first-order valence-electron chi connectivity index (χ1n) is 10.2. The molecule has 0 amide bonds. The van der Waals surface area contributed by atoms with Gasteiger partial charge in [-0.15, -0.1) is 0 Å². The highest BCUT2D eigenvalue weighted by Gasteiger charge is 2.57. The maximum atomic E-state index is 13.9. The number of hydrogen-bond donors (Lipinski definition) is 0. The molecule has 0 heterocycles. The fraction of sp³-hybridized carbons (Fsp3) is 0.857. The van der Waals surface area contributed by atoms with Gasteiger partial charge in [0.2, 0.25) is 0 Å². The lowest BCUT2D eigenvalue weighted by Crippen LogP contribution is -2.50. The third-order valence-electron chi connectivity index (χ3n) is 7.14. The van der Waals surface area contributed by atoms with Crippen LogP contribution < -0.4 is 0 Å². The molecule has 0 unspecified atom stereocenters. The second kappa shape index (κ2) is 6.87. The number of carbonyl (C=O) groups is 1. The van der Waals surface area contributed by atoms with Crippen LogP contribution in [0.25, 0.3) is 0 Å². The van der Waals surface area contributed by atoms with E-state index in [9.17, 15) is 4.79 Å². The molecule has 1 fully saturated rings. The third-order valence-corrected chi connectivity index (χ3v) is 16.8. The molecular formula is C21H40OSi2. The molecule has 138 valence electrons. The molecule has 1 nitrogen and oxygen atoms in total. The maximum absolute atomic E-state index is 13.9. The van der Waals surface area contributed by atoms with E-state index < -0.39 is 16.1 Å². The van der Waals surface area contributed by atoms with Crippen LogP contribution >= 0.6 is 0 Å². The van der Waals surface area contributed by atoms with E-state index in [0.29, 0.717) is 33.9 Å². The fourth-order valence-electron chi connectivity index (χ4n) is 6.57. The summed E-state index contributed by atoms with van der Waals surface area (Å²) < 4.78 is 0. The smallest absolute Gasteiger partial charge is 0.155 e. The fourth-order valence-corrected chi connectivity index (χ4v) is 16.4. The molecule has 0 aromatic heterocycles. The Kier molecular flexibility index (Phi) is 5.77. The van der Waals surface area contributed by atoms with Crippen molar-refractivity contribution in [3.8, 4) is 0 Å². The van der Waals surface area contributed by atoms with Crippen LogP contribution in [0, 0.1) is 5.92 Å². The second-order valence-electron chi connectivity index (χ2n) is 10.4. The average Bonchev–Trinajstić information content (AvgIpc) is 2.71. The van der Waals surface area contributed by atoms with Gasteiger partial charge in [-0.05, 0) is 47.0 Å². The van der Waals surface area contributed by atoms with Crippen molar-refractivity contribution >= 4 is 21.9 Å². The zero-order valence-corrected chi connectivity index (χ0v) is 19.6. The van der Waals surface area contributed by atoms with Crippen LogP contribution in [0.1, 0.15) is 67.2 Å². The molecule has 2 atom stereocenters. The maximum Gasteiger partial charge on any atom is 0.155 e. The topological polar surface area (TPSA) is 17.1 Å². The van der Waals surface area contributed by atoms with E-state index in [0.717, 1.165) is 0 Å². The molecule has 0 spiro atoms. The molecular weight excluding hydrogens is 324 g/mol. The predicted molar refractivity (Wildman–Crippen MR) is 112 cm³/mol. The highest BCUT2D eigenvalue weighted by Crippen LogP contribution is 2.58. The summed E-state index contributed by atoms with van der Waals surface area (Å²) in [5, 5.41) is 1.44. The van der Waals surface area contributed by atoms with Crippen LogP contribution in [-0.2, 0) is 4.79 Å². The minimum absolute atomic E-state index is 0.367. The summed E-state index contributed by atoms with van der Waals surface area (Å²) in [7, 11) is -3.32. The Morgan fingerprint density at radius 1 is 0.875 bits per heavy atom. The molecule has 2 aliphatic rings. The summed E-state index contributed by atoms with van der Waals surface area (Å²) in [5.74, 6) is 1.23. The first-order valence-corrected chi connectivity index (χ1v) is 16.1. The quantitative estimate of drug-likeness (QED) is 0.481. The van der Waals surface area contributed by atoms with Gasteiger partial charge >= 0.3 is 0 Å². The molecule has 24 heavy (non-hydrogen) atoms. The van der Waals surface area contributed by atoms with E-state index in [2.05, 4.69) is 61.2 Å². The van der Waals surface area contributed by atoms with E-state index in [1.165, 1.54) is 30.9 Å². The summed E-state index contributed by atoms with van der Waals surface area (Å²) in [6.07, 6.45) is 5.13. The molecule has 0 bridgehead atoms. The van der Waals surface area contributed by atoms with Crippen LogP contribution in [0.2, 0.25) is 41.8 Å². The van der Waals surface area contributed by atoms with Crippen molar-refractivity contribution in [2.75, 3.05) is 0 Å². The van der Waals surface area contributed by atoms with Crippen molar-refractivity contribution in [3.63, 3.8) is 0 Å². The Labute approximate surface area is 152 Å². The van der Waals surface area contributed by atoms with E-state index >= 15 is 0 Å². The summed E-state index contributed by atoms with van der Waals surface area (Å²) in [6.45, 7) is 21.7. The molecule has 2 rings (SSSR count). The van der Waals surface area contributed by atoms with Crippen LogP contribution in [0.4, 0.5) is 0 Å². The van der Waals surface area contributed by atoms with Gasteiger partial charge < -0.3 is 0 Å². The molecule has 0 aromatic carbocycles. The summed E-state index contributed by atoms with van der Waals surface area (Å²) in [5.41, 5.74) is 3.96. The van der Waals surface area contributed by atoms with Gasteiger partial charge in [0, 0.05) is 5.54 Å². The average molecular weight is 365 g/mol. The van der Waals surface area contributed by atoms with Crippen molar-refractivity contribution in [1.82, 2.24) is 0 Å². The standard InChI is InChI=1S/C21H40OSi2/c1-14(2)24(15(3)4,16(5)6)21-18-13-11-10-12-17(18)20(19(21)22)23(7,8)9/h14-17,20H,10-13H2,1-9H3/t17-,20+/m0/s1. The van der Waals surface area contributed by atoms with Crippen molar-refractivity contribution < 1.29 is 4.79 Å². The number of ketones is 1. The molecule has 0 saturated heterocycles. The van der Waals surface area contributed by atoms with E-state index in [1.54, 1.807) is 5.57 Å². The Hall–Kier alpha value is -0.156. The van der Waals surface area contributed by atoms with Crippen molar-refractivity contribution in [2.45, 2.75) is 109 Å². The Bertz CT molecular complexity index is 501. The van der Waals surface area contributed by atoms with E-state index in [1.807, 2.05) is 0 Å². The van der Waals surface area contributed by atoms with Gasteiger partial charge in [-0.25, -0.2) is 0 Å². The monoisotopic (exact) mass is 364 g/mol. The molecule has 2 aliphatic carbocycles. The van der Waals surface area contributed by atoms with Gasteiger partial charge in [-0.3, -0.25) is 4.79 Å². The van der Waals surface area contributed by atoms with Crippen molar-refractivity contribution in [1.29, 1.82) is 0 Å². The number of fused-ring (bicyclic) bond motifs is 1. The van der Waals surface area contributed by atoms with Gasteiger partial charge in [0.1, 0.15) is 0 Å². The zero-order chi connectivity index (χ0) is 18.4. The predicted octanol–water partition coefficient (Wildman–Crippen LogP) is 6.98. The molecule has 1 saturated carbocycles. The number of rotatable bonds is 5. The van der Waals surface area contributed by atoms with Gasteiger partial charge in [0.15, 0.2) is 5.78 Å². The molecule has 0 N–H and O–H groups in total. The minimum Gasteiger partial charge on any atom is -0.295 e. The lowest BCUT2D eigenvalue weighted by molar-refractivity contribution is -0.115. The van der Waals surface area contributed by atoms with Gasteiger partial charge in [0.25, 0.3) is 0 Å². The first kappa shape index (κ1) is 20.2. The molecule has 0 aliphatic heterocycles.